The van der Waals surface area contributed by atoms with Crippen LogP contribution in [0.2, 0.25) is 0 Å². The van der Waals surface area contributed by atoms with Crippen molar-refractivity contribution in [2.24, 2.45) is 23.5 Å². The molecule has 5 nitrogen and oxygen atoms in total. The average molecular weight is 276 g/mol. The topological polar surface area (TPSA) is 83.8 Å². The van der Waals surface area contributed by atoms with Crippen LogP contribution in [-0.2, 0) is 4.79 Å². The van der Waals surface area contributed by atoms with Crippen LogP contribution in [0.15, 0.2) is 12.4 Å². The maximum Gasteiger partial charge on any atom is 0.223 e. The zero-order chi connectivity index (χ0) is 14.1. The molecular formula is C15H24N4O. The van der Waals surface area contributed by atoms with Gasteiger partial charge in [0.05, 0.1) is 12.2 Å². The largest absolute Gasteiger partial charge is 0.349 e. The Morgan fingerprint density at radius 2 is 2.15 bits per heavy atom. The summed E-state index contributed by atoms with van der Waals surface area (Å²) in [6, 6.07) is 0.329. The third-order valence-electron chi connectivity index (χ3n) is 5.16. The minimum absolute atomic E-state index is 0.0108. The second-order valence-electron chi connectivity index (χ2n) is 6.46. The molecule has 0 spiro atoms. The first-order valence-corrected chi connectivity index (χ1v) is 7.69. The zero-order valence-electron chi connectivity index (χ0n) is 12.0. The van der Waals surface area contributed by atoms with E-state index >= 15 is 0 Å². The van der Waals surface area contributed by atoms with E-state index in [2.05, 4.69) is 15.5 Å². The molecule has 2 fully saturated rings. The number of aromatic nitrogens is 2. The molecule has 0 aliphatic heterocycles. The minimum atomic E-state index is 0.0108. The summed E-state index contributed by atoms with van der Waals surface area (Å²) < 4.78 is 0. The van der Waals surface area contributed by atoms with Gasteiger partial charge in [0.15, 0.2) is 0 Å². The number of hydrogen-bond donors (Lipinski definition) is 3. The summed E-state index contributed by atoms with van der Waals surface area (Å²) >= 11 is 0. The number of fused-ring (bicyclic) bond motifs is 2. The van der Waals surface area contributed by atoms with Crippen molar-refractivity contribution in [1.29, 1.82) is 0 Å². The summed E-state index contributed by atoms with van der Waals surface area (Å²) in [5.41, 5.74) is 7.30. The van der Waals surface area contributed by atoms with E-state index in [1.54, 1.807) is 6.20 Å². The lowest BCUT2D eigenvalue weighted by Gasteiger charge is -2.43. The van der Waals surface area contributed by atoms with Crippen LogP contribution in [0.1, 0.15) is 50.6 Å². The Morgan fingerprint density at radius 3 is 2.75 bits per heavy atom. The van der Waals surface area contributed by atoms with Crippen molar-refractivity contribution in [3.63, 3.8) is 0 Å². The summed E-state index contributed by atoms with van der Waals surface area (Å²) in [7, 11) is 0. The highest BCUT2D eigenvalue weighted by Gasteiger charge is 2.40. The standard InChI is InChI=1S/C15H24N4O/c1-9(13-7-17-18-8-13)19-15(20)12-5-10-3-2-4-11(6-12)14(10)16/h7-12,14H,2-6,16H2,1H3,(H,17,18)(H,19,20). The third-order valence-corrected chi connectivity index (χ3v) is 5.16. The molecule has 4 N–H and O–H groups in total. The van der Waals surface area contributed by atoms with Crippen LogP contribution >= 0.6 is 0 Å². The molecule has 2 aliphatic rings. The van der Waals surface area contributed by atoms with Crippen LogP contribution in [0.5, 0.6) is 0 Å². The van der Waals surface area contributed by atoms with Crippen molar-refractivity contribution < 1.29 is 4.79 Å². The van der Waals surface area contributed by atoms with Crippen LogP contribution in [0.25, 0.3) is 0 Å². The van der Waals surface area contributed by atoms with Gasteiger partial charge in [-0.1, -0.05) is 6.42 Å². The molecule has 3 atom stereocenters. The smallest absolute Gasteiger partial charge is 0.223 e. The van der Waals surface area contributed by atoms with Gasteiger partial charge in [-0.05, 0) is 44.4 Å². The fourth-order valence-corrected chi connectivity index (χ4v) is 3.92. The van der Waals surface area contributed by atoms with E-state index in [0.29, 0.717) is 17.9 Å². The SMILES string of the molecule is CC(NC(=O)C1CC2CCCC(C1)C2N)c1cn[nH]c1. The van der Waals surface area contributed by atoms with Crippen molar-refractivity contribution in [2.45, 2.75) is 51.1 Å². The van der Waals surface area contributed by atoms with E-state index in [0.717, 1.165) is 18.4 Å². The van der Waals surface area contributed by atoms with Crippen LogP contribution in [0.4, 0.5) is 0 Å². The number of nitrogens with one attached hydrogen (secondary N) is 2. The number of hydrogen-bond acceptors (Lipinski definition) is 3. The number of H-pyrrole nitrogens is 1. The van der Waals surface area contributed by atoms with Crippen molar-refractivity contribution in [2.75, 3.05) is 0 Å². The van der Waals surface area contributed by atoms with Gasteiger partial charge in [-0.25, -0.2) is 0 Å². The van der Waals surface area contributed by atoms with Crippen molar-refractivity contribution in [3.8, 4) is 0 Å². The highest BCUT2D eigenvalue weighted by atomic mass is 16.1. The first kappa shape index (κ1) is 13.6. The predicted octanol–water partition coefficient (Wildman–Crippen LogP) is 1.74. The number of carbonyl (C=O) groups is 1. The molecule has 1 heterocycles. The quantitative estimate of drug-likeness (QED) is 0.786. The Morgan fingerprint density at radius 1 is 1.45 bits per heavy atom. The summed E-state index contributed by atoms with van der Waals surface area (Å²) in [6.07, 6.45) is 9.18. The molecule has 1 aromatic heterocycles. The number of nitrogens with zero attached hydrogens (tertiary/aromatic N) is 1. The first-order chi connectivity index (χ1) is 9.65. The fraction of sp³-hybridized carbons (Fsp3) is 0.733. The normalized spacial score (nSPS) is 34.5. The van der Waals surface area contributed by atoms with Crippen LogP contribution < -0.4 is 11.1 Å². The molecule has 0 radical (unpaired) electrons. The number of nitrogens with two attached hydrogens (primary N) is 1. The van der Waals surface area contributed by atoms with Gasteiger partial charge in [0, 0.05) is 23.7 Å². The monoisotopic (exact) mass is 276 g/mol. The molecule has 0 saturated heterocycles. The second-order valence-corrected chi connectivity index (χ2v) is 6.46. The lowest BCUT2D eigenvalue weighted by molar-refractivity contribution is -0.128. The van der Waals surface area contributed by atoms with Gasteiger partial charge in [0.25, 0.3) is 0 Å². The number of carbonyl (C=O) groups excluding carboxylic acids is 1. The van der Waals surface area contributed by atoms with E-state index in [4.69, 9.17) is 5.73 Å². The third kappa shape index (κ3) is 2.59. The molecule has 1 aromatic rings. The number of rotatable bonds is 3. The van der Waals surface area contributed by atoms with E-state index in [1.807, 2.05) is 13.1 Å². The Balaban J connectivity index is 1.60. The fourth-order valence-electron chi connectivity index (χ4n) is 3.92. The summed E-state index contributed by atoms with van der Waals surface area (Å²) in [5, 5.41) is 9.83. The summed E-state index contributed by atoms with van der Waals surface area (Å²) in [6.45, 7) is 2.00. The Kier molecular flexibility index (Phi) is 3.78. The maximum absolute atomic E-state index is 12.5. The molecular weight excluding hydrogens is 252 g/mol. The van der Waals surface area contributed by atoms with Crippen molar-refractivity contribution >= 4 is 5.91 Å². The van der Waals surface area contributed by atoms with E-state index in [-0.39, 0.29) is 17.9 Å². The number of amides is 1. The highest BCUT2D eigenvalue weighted by Crippen LogP contribution is 2.42. The van der Waals surface area contributed by atoms with Crippen molar-refractivity contribution in [1.82, 2.24) is 15.5 Å². The molecule has 2 saturated carbocycles. The Bertz CT molecular complexity index is 444. The molecule has 3 unspecified atom stereocenters. The van der Waals surface area contributed by atoms with Gasteiger partial charge >= 0.3 is 0 Å². The first-order valence-electron chi connectivity index (χ1n) is 7.69. The van der Waals surface area contributed by atoms with Crippen LogP contribution in [-0.4, -0.2) is 22.1 Å². The highest BCUT2D eigenvalue weighted by molar-refractivity contribution is 5.79. The lowest BCUT2D eigenvalue weighted by atomic mass is 9.65. The summed E-state index contributed by atoms with van der Waals surface area (Å²) in [4.78, 5) is 12.5. The van der Waals surface area contributed by atoms with Gasteiger partial charge in [0.1, 0.15) is 0 Å². The predicted molar refractivity (Wildman–Crippen MR) is 76.7 cm³/mol. The van der Waals surface area contributed by atoms with Gasteiger partial charge in [-0.15, -0.1) is 0 Å². The van der Waals surface area contributed by atoms with E-state index < -0.39 is 0 Å². The minimum Gasteiger partial charge on any atom is -0.349 e. The van der Waals surface area contributed by atoms with E-state index in [1.165, 1.54) is 19.3 Å². The molecule has 20 heavy (non-hydrogen) atoms. The maximum atomic E-state index is 12.5. The molecule has 2 bridgehead atoms. The van der Waals surface area contributed by atoms with Gasteiger partial charge in [-0.2, -0.15) is 5.10 Å². The Labute approximate surface area is 119 Å². The molecule has 2 aliphatic carbocycles. The second kappa shape index (κ2) is 5.56. The molecule has 3 rings (SSSR count). The summed E-state index contributed by atoms with van der Waals surface area (Å²) in [5.74, 6) is 1.41. The molecule has 5 heteroatoms. The van der Waals surface area contributed by atoms with Crippen LogP contribution in [0, 0.1) is 17.8 Å². The van der Waals surface area contributed by atoms with Crippen molar-refractivity contribution in [3.05, 3.63) is 18.0 Å². The van der Waals surface area contributed by atoms with E-state index in [9.17, 15) is 4.79 Å². The average Bonchev–Trinajstić information content (AvgIpc) is 2.92. The Hall–Kier alpha value is -1.36. The van der Waals surface area contributed by atoms with Gasteiger partial charge in [0.2, 0.25) is 5.91 Å². The van der Waals surface area contributed by atoms with Gasteiger partial charge in [-0.3, -0.25) is 9.89 Å². The lowest BCUT2D eigenvalue weighted by Crippen LogP contribution is -2.49. The zero-order valence-corrected chi connectivity index (χ0v) is 12.0. The van der Waals surface area contributed by atoms with Crippen LogP contribution in [0.3, 0.4) is 0 Å². The van der Waals surface area contributed by atoms with Gasteiger partial charge < -0.3 is 11.1 Å². The molecule has 1 amide bonds. The molecule has 110 valence electrons. The number of aromatic amines is 1. The molecule has 0 aromatic carbocycles.